The maximum atomic E-state index is 12.4. The first-order valence-corrected chi connectivity index (χ1v) is 8.49. The third-order valence-electron chi connectivity index (χ3n) is 6.07. The van der Waals surface area contributed by atoms with E-state index in [0.717, 1.165) is 25.9 Å². The molecule has 0 aromatic heterocycles. The van der Waals surface area contributed by atoms with Gasteiger partial charge in [-0.05, 0) is 48.7 Å². The van der Waals surface area contributed by atoms with Gasteiger partial charge in [0.15, 0.2) is 0 Å². The summed E-state index contributed by atoms with van der Waals surface area (Å²) >= 11 is 0. The maximum absolute atomic E-state index is 12.4. The van der Waals surface area contributed by atoms with Crippen LogP contribution in [0.2, 0.25) is 0 Å². The summed E-state index contributed by atoms with van der Waals surface area (Å²) in [5.41, 5.74) is 4.89. The van der Waals surface area contributed by atoms with Gasteiger partial charge in [0.05, 0.1) is 5.92 Å². The monoisotopic (exact) mass is 287 g/mol. The number of Topliss-reactive ketones (excluding diaryl/α,β-unsaturated/α-hetero) is 1. The van der Waals surface area contributed by atoms with Gasteiger partial charge in [-0.15, -0.1) is 0 Å². The standard InChI is InChI=1S/C19H29NO/c1-6-20-10-7-17(21)13-11-14-15(12-16(13)20)19(4,5)9-8-18(14,2)3/h12-13H,6-11H2,1-5H3. The molecule has 1 unspecified atom stereocenters. The van der Waals surface area contributed by atoms with E-state index in [1.807, 2.05) is 0 Å². The number of rotatable bonds is 1. The third-order valence-corrected chi connectivity index (χ3v) is 6.07. The van der Waals surface area contributed by atoms with Crippen molar-refractivity contribution in [2.45, 2.75) is 60.3 Å². The minimum absolute atomic E-state index is 0.130. The molecule has 0 saturated carbocycles. The van der Waals surface area contributed by atoms with Crippen molar-refractivity contribution < 1.29 is 4.79 Å². The molecule has 0 aromatic rings. The SMILES string of the molecule is CCN1CCC(=O)C2CC3=C(C=C21)C(C)(C)CCC3(C)C. The number of carbonyl (C=O) groups excluding carboxylic acids is 1. The van der Waals surface area contributed by atoms with Crippen molar-refractivity contribution in [3.8, 4) is 0 Å². The summed E-state index contributed by atoms with van der Waals surface area (Å²) in [6.45, 7) is 13.6. The Morgan fingerprint density at radius 2 is 1.86 bits per heavy atom. The van der Waals surface area contributed by atoms with Crippen molar-refractivity contribution in [3.63, 3.8) is 0 Å². The van der Waals surface area contributed by atoms with Crippen LogP contribution in [0.1, 0.15) is 60.3 Å². The molecule has 2 nitrogen and oxygen atoms in total. The second-order valence-electron chi connectivity index (χ2n) is 8.28. The Labute approximate surface area is 129 Å². The van der Waals surface area contributed by atoms with E-state index in [9.17, 15) is 4.79 Å². The van der Waals surface area contributed by atoms with Crippen LogP contribution in [0.25, 0.3) is 0 Å². The Morgan fingerprint density at radius 3 is 2.52 bits per heavy atom. The molecule has 3 aliphatic rings. The number of likely N-dealkylation sites (tertiary alicyclic amines) is 1. The number of piperidine rings is 1. The van der Waals surface area contributed by atoms with Gasteiger partial charge < -0.3 is 4.90 Å². The van der Waals surface area contributed by atoms with Crippen molar-refractivity contribution in [1.82, 2.24) is 4.90 Å². The number of allylic oxidation sites excluding steroid dienone is 4. The quantitative estimate of drug-likeness (QED) is 0.715. The zero-order chi connectivity index (χ0) is 15.4. The largest absolute Gasteiger partial charge is 0.374 e. The fourth-order valence-corrected chi connectivity index (χ4v) is 4.39. The molecule has 0 bridgehead atoms. The lowest BCUT2D eigenvalue weighted by Crippen LogP contribution is -2.43. The van der Waals surface area contributed by atoms with E-state index in [-0.39, 0.29) is 16.7 Å². The van der Waals surface area contributed by atoms with Crippen LogP contribution in [-0.2, 0) is 4.79 Å². The van der Waals surface area contributed by atoms with Crippen LogP contribution in [-0.4, -0.2) is 23.8 Å². The molecule has 0 N–H and O–H groups in total. The highest BCUT2D eigenvalue weighted by molar-refractivity contribution is 5.86. The Morgan fingerprint density at radius 1 is 1.19 bits per heavy atom. The van der Waals surface area contributed by atoms with E-state index in [0.29, 0.717) is 5.78 Å². The average molecular weight is 287 g/mol. The second-order valence-corrected chi connectivity index (χ2v) is 8.28. The van der Waals surface area contributed by atoms with E-state index in [4.69, 9.17) is 0 Å². The summed E-state index contributed by atoms with van der Waals surface area (Å²) in [6.07, 6.45) is 6.56. The molecule has 0 aromatic carbocycles. The first kappa shape index (κ1) is 14.9. The minimum atomic E-state index is 0.130. The highest BCUT2D eigenvalue weighted by atomic mass is 16.1. The molecule has 116 valence electrons. The van der Waals surface area contributed by atoms with Gasteiger partial charge in [-0.3, -0.25) is 4.79 Å². The van der Waals surface area contributed by atoms with Crippen LogP contribution in [0.15, 0.2) is 22.9 Å². The Bertz CT molecular complexity index is 536. The van der Waals surface area contributed by atoms with Crippen molar-refractivity contribution in [1.29, 1.82) is 0 Å². The van der Waals surface area contributed by atoms with Crippen LogP contribution in [0.5, 0.6) is 0 Å². The molecule has 2 aliphatic carbocycles. The Balaban J connectivity index is 2.12. The molecule has 1 heterocycles. The maximum Gasteiger partial charge on any atom is 0.143 e. The molecule has 1 atom stereocenters. The summed E-state index contributed by atoms with van der Waals surface area (Å²) in [7, 11) is 0. The van der Waals surface area contributed by atoms with Crippen LogP contribution < -0.4 is 0 Å². The molecule has 1 saturated heterocycles. The van der Waals surface area contributed by atoms with Crippen LogP contribution in [0.4, 0.5) is 0 Å². The van der Waals surface area contributed by atoms with Crippen LogP contribution >= 0.6 is 0 Å². The van der Waals surface area contributed by atoms with Gasteiger partial charge in [-0.25, -0.2) is 0 Å². The van der Waals surface area contributed by atoms with E-state index in [1.165, 1.54) is 24.1 Å². The Kier molecular flexibility index (Phi) is 3.35. The smallest absolute Gasteiger partial charge is 0.143 e. The first-order valence-electron chi connectivity index (χ1n) is 8.49. The number of hydrogen-bond acceptors (Lipinski definition) is 2. The lowest BCUT2D eigenvalue weighted by molar-refractivity contribution is -0.124. The lowest BCUT2D eigenvalue weighted by atomic mass is 9.59. The normalized spacial score (nSPS) is 30.7. The fraction of sp³-hybridized carbons (Fsp3) is 0.737. The molecule has 2 heteroatoms. The summed E-state index contributed by atoms with van der Waals surface area (Å²) in [6, 6.07) is 0. The third kappa shape index (κ3) is 2.27. The van der Waals surface area contributed by atoms with Gasteiger partial charge in [0.2, 0.25) is 0 Å². The summed E-state index contributed by atoms with van der Waals surface area (Å²) in [4.78, 5) is 14.9. The second kappa shape index (κ2) is 4.72. The number of ketones is 1. The average Bonchev–Trinajstić information content (AvgIpc) is 2.44. The zero-order valence-corrected chi connectivity index (χ0v) is 14.3. The van der Waals surface area contributed by atoms with E-state index >= 15 is 0 Å². The molecule has 21 heavy (non-hydrogen) atoms. The predicted octanol–water partition coefficient (Wildman–Crippen LogP) is 4.33. The topological polar surface area (TPSA) is 20.3 Å². The van der Waals surface area contributed by atoms with Gasteiger partial charge in [0.25, 0.3) is 0 Å². The molecular weight excluding hydrogens is 258 g/mol. The van der Waals surface area contributed by atoms with Gasteiger partial charge >= 0.3 is 0 Å². The number of hydrogen-bond donors (Lipinski definition) is 0. The highest BCUT2D eigenvalue weighted by Crippen LogP contribution is 2.54. The predicted molar refractivity (Wildman–Crippen MR) is 86.9 cm³/mol. The van der Waals surface area contributed by atoms with Gasteiger partial charge in [-0.2, -0.15) is 0 Å². The van der Waals surface area contributed by atoms with Crippen molar-refractivity contribution in [2.24, 2.45) is 16.7 Å². The summed E-state index contributed by atoms with van der Waals surface area (Å²) in [5, 5.41) is 0. The molecule has 0 spiro atoms. The molecule has 3 rings (SSSR count). The van der Waals surface area contributed by atoms with Gasteiger partial charge in [0.1, 0.15) is 5.78 Å². The number of carbonyl (C=O) groups is 1. The molecule has 0 amide bonds. The van der Waals surface area contributed by atoms with E-state index < -0.39 is 0 Å². The van der Waals surface area contributed by atoms with Crippen LogP contribution in [0, 0.1) is 16.7 Å². The van der Waals surface area contributed by atoms with Gasteiger partial charge in [0, 0.05) is 25.2 Å². The van der Waals surface area contributed by atoms with Gasteiger partial charge in [-0.1, -0.05) is 33.3 Å². The lowest BCUT2D eigenvalue weighted by Gasteiger charge is -2.48. The highest BCUT2D eigenvalue weighted by Gasteiger charge is 2.44. The molecule has 0 radical (unpaired) electrons. The molecule has 1 fully saturated rings. The van der Waals surface area contributed by atoms with Crippen molar-refractivity contribution >= 4 is 5.78 Å². The number of fused-ring (bicyclic) bond motifs is 1. The first-order chi connectivity index (χ1) is 9.76. The number of nitrogens with zero attached hydrogens (tertiary/aromatic N) is 1. The van der Waals surface area contributed by atoms with Crippen molar-refractivity contribution in [2.75, 3.05) is 13.1 Å². The Hall–Kier alpha value is -1.05. The fourth-order valence-electron chi connectivity index (χ4n) is 4.39. The van der Waals surface area contributed by atoms with E-state index in [1.54, 1.807) is 5.57 Å². The molecular formula is C19H29NO. The minimum Gasteiger partial charge on any atom is -0.374 e. The summed E-state index contributed by atoms with van der Waals surface area (Å²) in [5.74, 6) is 0.585. The zero-order valence-electron chi connectivity index (χ0n) is 14.3. The van der Waals surface area contributed by atoms with Crippen molar-refractivity contribution in [3.05, 3.63) is 22.9 Å². The molecule has 1 aliphatic heterocycles. The van der Waals surface area contributed by atoms with E-state index in [2.05, 4.69) is 45.6 Å². The van der Waals surface area contributed by atoms with Crippen LogP contribution in [0.3, 0.4) is 0 Å². The summed E-state index contributed by atoms with van der Waals surface area (Å²) < 4.78 is 0.